The minimum Gasteiger partial charge on any atom is -0.388 e. The van der Waals surface area contributed by atoms with Crippen LogP contribution in [0.4, 0.5) is 5.82 Å². The van der Waals surface area contributed by atoms with Crippen LogP contribution in [0, 0.1) is 0 Å². The molecule has 1 amide bonds. The van der Waals surface area contributed by atoms with Crippen molar-refractivity contribution in [1.29, 1.82) is 0 Å². The Morgan fingerprint density at radius 1 is 1.18 bits per heavy atom. The third-order valence-corrected chi connectivity index (χ3v) is 7.69. The molecule has 1 atom stereocenters. The molecule has 3 saturated heterocycles. The summed E-state index contributed by atoms with van der Waals surface area (Å²) >= 11 is 0. The van der Waals surface area contributed by atoms with E-state index in [9.17, 15) is 14.7 Å². The Hall–Kier alpha value is -2.71. The number of anilines is 1. The van der Waals surface area contributed by atoms with Crippen LogP contribution in [0.5, 0.6) is 0 Å². The lowest BCUT2D eigenvalue weighted by atomic mass is 9.90. The highest BCUT2D eigenvalue weighted by atomic mass is 16.5. The molecule has 8 nitrogen and oxygen atoms in total. The zero-order valence-electron chi connectivity index (χ0n) is 19.9. The van der Waals surface area contributed by atoms with Crippen molar-refractivity contribution in [2.75, 3.05) is 37.7 Å². The van der Waals surface area contributed by atoms with E-state index in [1.807, 2.05) is 35.2 Å². The second kappa shape index (κ2) is 9.15. The number of piperidine rings is 1. The molecular weight excluding hydrogens is 432 g/mol. The van der Waals surface area contributed by atoms with E-state index in [0.717, 1.165) is 38.1 Å². The molecule has 34 heavy (non-hydrogen) atoms. The van der Waals surface area contributed by atoms with Gasteiger partial charge in [0.1, 0.15) is 11.4 Å². The Morgan fingerprint density at radius 2 is 1.91 bits per heavy atom. The molecule has 1 spiro atoms. The monoisotopic (exact) mass is 466 g/mol. The van der Waals surface area contributed by atoms with Crippen LogP contribution in [0.2, 0.25) is 0 Å². The molecule has 5 rings (SSSR count). The number of amides is 1. The number of hydrogen-bond donors (Lipinski definition) is 1. The molecule has 3 fully saturated rings. The van der Waals surface area contributed by atoms with Gasteiger partial charge in [-0.2, -0.15) is 0 Å². The lowest BCUT2D eigenvalue weighted by Gasteiger charge is -2.47. The van der Waals surface area contributed by atoms with Gasteiger partial charge in [-0.1, -0.05) is 37.3 Å². The highest BCUT2D eigenvalue weighted by Crippen LogP contribution is 2.36. The summed E-state index contributed by atoms with van der Waals surface area (Å²) in [7, 11) is 0. The first-order valence-corrected chi connectivity index (χ1v) is 12.4. The van der Waals surface area contributed by atoms with Gasteiger partial charge in [0, 0.05) is 32.2 Å². The van der Waals surface area contributed by atoms with Gasteiger partial charge in [-0.15, -0.1) is 0 Å². The normalized spacial score (nSPS) is 21.9. The van der Waals surface area contributed by atoms with E-state index >= 15 is 0 Å². The van der Waals surface area contributed by atoms with Crippen molar-refractivity contribution in [2.45, 2.75) is 62.7 Å². The maximum atomic E-state index is 12.8. The largest absolute Gasteiger partial charge is 0.388 e. The maximum absolute atomic E-state index is 12.8. The van der Waals surface area contributed by atoms with Gasteiger partial charge in [0.25, 0.3) is 5.56 Å². The van der Waals surface area contributed by atoms with Crippen molar-refractivity contribution >= 4 is 11.7 Å². The molecule has 0 saturated carbocycles. The minimum absolute atomic E-state index is 0.0456. The molecule has 4 heterocycles. The Labute approximate surface area is 200 Å². The van der Waals surface area contributed by atoms with Crippen LogP contribution in [0.1, 0.15) is 50.5 Å². The Balaban J connectivity index is 1.14. The number of ether oxygens (including phenoxy) is 1. The van der Waals surface area contributed by atoms with Crippen molar-refractivity contribution in [2.24, 2.45) is 0 Å². The third kappa shape index (κ3) is 4.74. The standard InChI is InChI=1S/C26H34N4O4/c1-20(21-6-3-2-4-7-21)14-23(31)28-11-9-25(33,10-12-28)16-30-19-27-22(15-24(30)32)29-17-26(18-29)8-5-13-34-26/h2-4,6-7,15,19-20,33H,5,8-14,16-18H2,1H3/t20-/m1/s1. The second-order valence-electron chi connectivity index (χ2n) is 10.3. The van der Waals surface area contributed by atoms with E-state index in [0.29, 0.717) is 38.2 Å². The number of likely N-dealkylation sites (tertiary alicyclic amines) is 1. The zero-order chi connectivity index (χ0) is 23.8. The van der Waals surface area contributed by atoms with Crippen LogP contribution in [-0.2, 0) is 16.1 Å². The smallest absolute Gasteiger partial charge is 0.255 e. The summed E-state index contributed by atoms with van der Waals surface area (Å²) in [5.74, 6) is 0.932. The van der Waals surface area contributed by atoms with Gasteiger partial charge in [0.2, 0.25) is 5.91 Å². The van der Waals surface area contributed by atoms with Crippen LogP contribution in [0.25, 0.3) is 0 Å². The molecule has 1 aromatic heterocycles. The van der Waals surface area contributed by atoms with Gasteiger partial charge < -0.3 is 19.6 Å². The fourth-order valence-corrected chi connectivity index (χ4v) is 5.46. The number of nitrogens with zero attached hydrogens (tertiary/aromatic N) is 4. The fraction of sp³-hybridized carbons (Fsp3) is 0.577. The highest BCUT2D eigenvalue weighted by Gasteiger charge is 2.47. The van der Waals surface area contributed by atoms with Crippen LogP contribution < -0.4 is 10.5 Å². The maximum Gasteiger partial charge on any atom is 0.255 e. The van der Waals surface area contributed by atoms with Crippen LogP contribution >= 0.6 is 0 Å². The minimum atomic E-state index is -1.02. The van der Waals surface area contributed by atoms with E-state index < -0.39 is 5.60 Å². The average molecular weight is 467 g/mol. The average Bonchev–Trinajstić information content (AvgIpc) is 3.31. The molecule has 3 aliphatic rings. The van der Waals surface area contributed by atoms with E-state index in [1.54, 1.807) is 6.07 Å². The lowest BCUT2D eigenvalue weighted by molar-refractivity contribution is -0.136. The topological polar surface area (TPSA) is 87.9 Å². The molecular formula is C26H34N4O4. The van der Waals surface area contributed by atoms with Crippen LogP contribution in [-0.4, -0.2) is 69.5 Å². The molecule has 1 aromatic carbocycles. The summed E-state index contributed by atoms with van der Waals surface area (Å²) in [4.78, 5) is 33.9. The SMILES string of the molecule is C[C@H](CC(=O)N1CCC(O)(Cn2cnc(N3CC4(CCCO4)C3)cc2=O)CC1)c1ccccc1. The number of hydrogen-bond acceptors (Lipinski definition) is 6. The third-order valence-electron chi connectivity index (χ3n) is 7.69. The Morgan fingerprint density at radius 3 is 2.56 bits per heavy atom. The molecule has 2 aromatic rings. The van der Waals surface area contributed by atoms with E-state index in [1.165, 1.54) is 10.9 Å². The van der Waals surface area contributed by atoms with Gasteiger partial charge >= 0.3 is 0 Å². The Kier molecular flexibility index (Phi) is 6.20. The molecule has 182 valence electrons. The number of rotatable bonds is 6. The number of aliphatic hydroxyl groups is 1. The van der Waals surface area contributed by atoms with Crippen molar-refractivity contribution in [3.05, 3.63) is 58.6 Å². The van der Waals surface area contributed by atoms with E-state index in [4.69, 9.17) is 4.74 Å². The summed E-state index contributed by atoms with van der Waals surface area (Å²) in [5, 5.41) is 11.1. The first-order valence-electron chi connectivity index (χ1n) is 12.4. The van der Waals surface area contributed by atoms with Crippen LogP contribution in [0.3, 0.4) is 0 Å². The number of carbonyl (C=O) groups is 1. The summed E-state index contributed by atoms with van der Waals surface area (Å²) in [6, 6.07) is 11.6. The first kappa shape index (κ1) is 23.1. The lowest BCUT2D eigenvalue weighted by Crippen LogP contribution is -2.62. The number of benzene rings is 1. The second-order valence-corrected chi connectivity index (χ2v) is 10.3. The number of aromatic nitrogens is 2. The summed E-state index contributed by atoms with van der Waals surface area (Å²) < 4.78 is 7.34. The van der Waals surface area contributed by atoms with Gasteiger partial charge in [-0.25, -0.2) is 4.98 Å². The quantitative estimate of drug-likeness (QED) is 0.702. The molecule has 0 bridgehead atoms. The zero-order valence-corrected chi connectivity index (χ0v) is 19.9. The van der Waals surface area contributed by atoms with Crippen molar-refractivity contribution in [3.63, 3.8) is 0 Å². The van der Waals surface area contributed by atoms with Crippen molar-refractivity contribution in [3.8, 4) is 0 Å². The molecule has 1 N–H and O–H groups in total. The van der Waals surface area contributed by atoms with Gasteiger partial charge in [0.15, 0.2) is 0 Å². The molecule has 0 radical (unpaired) electrons. The van der Waals surface area contributed by atoms with Gasteiger partial charge in [-0.3, -0.25) is 14.2 Å². The molecule has 8 heteroatoms. The summed E-state index contributed by atoms with van der Waals surface area (Å²) in [5.41, 5.74) is -0.0747. The summed E-state index contributed by atoms with van der Waals surface area (Å²) in [6.45, 7) is 5.61. The predicted molar refractivity (Wildman–Crippen MR) is 129 cm³/mol. The Bertz CT molecular complexity index is 1060. The first-order chi connectivity index (χ1) is 16.3. The van der Waals surface area contributed by atoms with Crippen molar-refractivity contribution < 1.29 is 14.6 Å². The van der Waals surface area contributed by atoms with E-state index in [-0.39, 0.29) is 29.5 Å². The molecule has 0 unspecified atom stereocenters. The predicted octanol–water partition coefficient (Wildman–Crippen LogP) is 2.16. The molecule has 3 aliphatic heterocycles. The fourth-order valence-electron chi connectivity index (χ4n) is 5.46. The molecule has 0 aliphatic carbocycles. The van der Waals surface area contributed by atoms with Crippen LogP contribution in [0.15, 0.2) is 47.5 Å². The highest BCUT2D eigenvalue weighted by molar-refractivity contribution is 5.77. The van der Waals surface area contributed by atoms with Gasteiger partial charge in [0.05, 0.1) is 31.6 Å². The number of carbonyl (C=O) groups excluding carboxylic acids is 1. The van der Waals surface area contributed by atoms with Crippen molar-refractivity contribution in [1.82, 2.24) is 14.5 Å². The van der Waals surface area contributed by atoms with Gasteiger partial charge in [-0.05, 0) is 37.2 Å². The van der Waals surface area contributed by atoms with E-state index in [2.05, 4.69) is 16.8 Å². The summed E-state index contributed by atoms with van der Waals surface area (Å²) in [6.07, 6.45) is 5.04.